The lowest BCUT2D eigenvalue weighted by Crippen LogP contribution is -2.47. The van der Waals surface area contributed by atoms with Gasteiger partial charge in [0.2, 0.25) is 5.91 Å². The Morgan fingerprint density at radius 2 is 0.810 bits per heavy atom. The first kappa shape index (κ1) is 76.2. The maximum absolute atomic E-state index is 13.5. The second-order valence-electron chi connectivity index (χ2n) is 23.2. The number of phosphoric ester groups is 1. The Morgan fingerprint density at radius 1 is 0.456 bits per heavy atom. The van der Waals surface area contributed by atoms with Gasteiger partial charge in [0, 0.05) is 12.8 Å². The van der Waals surface area contributed by atoms with Crippen molar-refractivity contribution < 1.29 is 37.3 Å². The van der Waals surface area contributed by atoms with E-state index in [9.17, 15) is 19.0 Å². The molecule has 1 amide bonds. The van der Waals surface area contributed by atoms with Gasteiger partial charge >= 0.3 is 5.97 Å². The highest BCUT2D eigenvalue weighted by atomic mass is 31.2. The van der Waals surface area contributed by atoms with Gasteiger partial charge in [-0.1, -0.05) is 260 Å². The zero-order chi connectivity index (χ0) is 57.9. The molecular weight excluding hydrogens is 1000 g/mol. The van der Waals surface area contributed by atoms with Crippen molar-refractivity contribution in [1.29, 1.82) is 0 Å². The molecular formula is C69H125N2O7P. The molecule has 0 fully saturated rings. The molecule has 0 saturated carbocycles. The monoisotopic (exact) mass is 1120 g/mol. The number of unbranched alkanes of at least 4 members (excludes halogenated alkanes) is 31. The number of phosphoric acid groups is 1. The number of likely N-dealkylation sites (N-methyl/N-ethyl adjacent to an activating group) is 1. The third kappa shape index (κ3) is 59.6. The van der Waals surface area contributed by atoms with Crippen LogP contribution in [0.3, 0.4) is 0 Å². The van der Waals surface area contributed by atoms with Gasteiger partial charge in [0.25, 0.3) is 7.82 Å². The van der Waals surface area contributed by atoms with Gasteiger partial charge in [-0.3, -0.25) is 14.2 Å². The smallest absolute Gasteiger partial charge is 0.306 e. The summed E-state index contributed by atoms with van der Waals surface area (Å²) in [6, 6.07) is -0.899. The van der Waals surface area contributed by atoms with Crippen LogP contribution in [0.2, 0.25) is 0 Å². The first-order valence-corrected chi connectivity index (χ1v) is 34.4. The highest BCUT2D eigenvalue weighted by molar-refractivity contribution is 7.45. The third-order valence-electron chi connectivity index (χ3n) is 14.3. The van der Waals surface area contributed by atoms with Gasteiger partial charge in [0.05, 0.1) is 33.8 Å². The Bertz CT molecular complexity index is 1630. The Balaban J connectivity index is 5.13. The number of carbonyl (C=O) groups excluding carboxylic acids is 2. The number of hydrogen-bond donors (Lipinski definition) is 1. The lowest BCUT2D eigenvalue weighted by Gasteiger charge is -2.30. The fourth-order valence-electron chi connectivity index (χ4n) is 9.25. The number of nitrogens with zero attached hydrogens (tertiary/aromatic N) is 1. The van der Waals surface area contributed by atoms with Crippen LogP contribution >= 0.6 is 7.82 Å². The molecule has 0 aromatic rings. The standard InChI is InChI=1S/C69H125N2O7P/c1-7-10-13-16-19-22-25-28-30-32-33-34-35-36-37-38-39-40-42-44-47-50-53-56-59-62-69(73)78-67(60-57-54-51-48-45-27-24-21-18-15-12-9-3)66(65-77-79(74,75)76-64-63-71(4,5)6)70-68(72)61-58-55-52-49-46-43-41-31-29-26-23-20-17-14-11-8-2/h11,14,19-20,22-23,28-31,33-34,57,60,66-67H,7-10,12-13,15-18,21,24-27,32,35-56,58-59,61-65H2,1-6H3,(H-,70,72,74,75)/b14-11+,22-19-,23-20+,30-28-,31-29+,34-33-,60-57-. The van der Waals surface area contributed by atoms with E-state index in [0.29, 0.717) is 17.4 Å². The summed E-state index contributed by atoms with van der Waals surface area (Å²) in [6.45, 7) is 6.70. The van der Waals surface area contributed by atoms with Gasteiger partial charge in [0.15, 0.2) is 0 Å². The van der Waals surface area contributed by atoms with E-state index in [1.54, 1.807) is 0 Å². The topological polar surface area (TPSA) is 114 Å². The molecule has 0 radical (unpaired) electrons. The van der Waals surface area contributed by atoms with E-state index in [1.165, 1.54) is 141 Å². The molecule has 0 rings (SSSR count). The first-order valence-electron chi connectivity index (χ1n) is 32.9. The van der Waals surface area contributed by atoms with Crippen molar-refractivity contribution in [2.45, 2.75) is 303 Å². The van der Waals surface area contributed by atoms with Crippen LogP contribution in [0, 0.1) is 0 Å². The molecule has 9 nitrogen and oxygen atoms in total. The van der Waals surface area contributed by atoms with Gasteiger partial charge in [0.1, 0.15) is 19.3 Å². The normalized spacial score (nSPS) is 14.2. The largest absolute Gasteiger partial charge is 0.756 e. The van der Waals surface area contributed by atoms with Gasteiger partial charge in [-0.25, -0.2) is 0 Å². The highest BCUT2D eigenvalue weighted by Gasteiger charge is 2.27. The molecule has 0 aliphatic rings. The summed E-state index contributed by atoms with van der Waals surface area (Å²) in [5.41, 5.74) is 0. The van der Waals surface area contributed by atoms with Gasteiger partial charge in [-0.05, 0) is 102 Å². The molecule has 0 aliphatic carbocycles. The van der Waals surface area contributed by atoms with E-state index < -0.39 is 26.6 Å². The minimum Gasteiger partial charge on any atom is -0.756 e. The number of esters is 1. The molecule has 0 heterocycles. The van der Waals surface area contributed by atoms with E-state index in [0.717, 1.165) is 116 Å². The first-order chi connectivity index (χ1) is 38.4. The van der Waals surface area contributed by atoms with Crippen LogP contribution in [0.1, 0.15) is 290 Å². The van der Waals surface area contributed by atoms with Crippen molar-refractivity contribution in [2.75, 3.05) is 40.9 Å². The molecule has 3 unspecified atom stereocenters. The number of allylic oxidation sites excluding steroid dienone is 13. The predicted molar refractivity (Wildman–Crippen MR) is 339 cm³/mol. The van der Waals surface area contributed by atoms with E-state index >= 15 is 0 Å². The molecule has 0 saturated heterocycles. The molecule has 0 spiro atoms. The molecule has 0 aromatic heterocycles. The van der Waals surface area contributed by atoms with Crippen molar-refractivity contribution in [3.05, 3.63) is 85.1 Å². The van der Waals surface area contributed by atoms with Crippen molar-refractivity contribution in [3.63, 3.8) is 0 Å². The Labute approximate surface area is 488 Å². The molecule has 0 aliphatic heterocycles. The maximum atomic E-state index is 13.5. The summed E-state index contributed by atoms with van der Waals surface area (Å²) >= 11 is 0. The fourth-order valence-corrected chi connectivity index (χ4v) is 9.97. The number of quaternary nitrogens is 1. The van der Waals surface area contributed by atoms with E-state index in [-0.39, 0.29) is 24.9 Å². The maximum Gasteiger partial charge on any atom is 0.306 e. The van der Waals surface area contributed by atoms with Crippen molar-refractivity contribution in [3.8, 4) is 0 Å². The van der Waals surface area contributed by atoms with Gasteiger partial charge < -0.3 is 28.5 Å². The second kappa shape index (κ2) is 58.4. The van der Waals surface area contributed by atoms with E-state index in [4.69, 9.17) is 13.8 Å². The van der Waals surface area contributed by atoms with E-state index in [2.05, 4.69) is 99.0 Å². The second-order valence-corrected chi connectivity index (χ2v) is 24.6. The van der Waals surface area contributed by atoms with Gasteiger partial charge in [-0.15, -0.1) is 0 Å². The van der Waals surface area contributed by atoms with Crippen molar-refractivity contribution in [1.82, 2.24) is 5.32 Å². The van der Waals surface area contributed by atoms with Crippen LogP contribution < -0.4 is 10.2 Å². The molecule has 79 heavy (non-hydrogen) atoms. The lowest BCUT2D eigenvalue weighted by molar-refractivity contribution is -0.870. The minimum atomic E-state index is -4.71. The number of carbonyl (C=O) groups is 2. The number of rotatable bonds is 59. The molecule has 3 atom stereocenters. The van der Waals surface area contributed by atoms with Crippen LogP contribution in [0.15, 0.2) is 85.1 Å². The molecule has 458 valence electrons. The summed E-state index contributed by atoms with van der Waals surface area (Å²) in [4.78, 5) is 40.1. The SMILES string of the molecule is CC/C=C/C/C=C/C/C=C/CCCCCCCCC(=O)NC(COP(=O)([O-])OCC[N+](C)(C)C)C(/C=C\CCCCCCCCCCCC)OC(=O)CCCCCCCCCCCCCC/C=C\C/C=C\C/C=C\CCCCC. The van der Waals surface area contributed by atoms with Crippen LogP contribution in [-0.2, 0) is 27.9 Å². The summed E-state index contributed by atoms with van der Waals surface area (Å²) in [5, 5.41) is 3.02. The summed E-state index contributed by atoms with van der Waals surface area (Å²) in [6.07, 6.45) is 77.0. The summed E-state index contributed by atoms with van der Waals surface area (Å²) in [7, 11) is 1.17. The third-order valence-corrected chi connectivity index (χ3v) is 15.3. The minimum absolute atomic E-state index is 0.0281. The fraction of sp³-hybridized carbons (Fsp3) is 0.768. The zero-order valence-electron chi connectivity index (χ0n) is 52.3. The Hall–Kier alpha value is -2.81. The molecule has 0 aromatic carbocycles. The average molecular weight is 1130 g/mol. The molecule has 0 bridgehead atoms. The number of nitrogens with one attached hydrogen (secondary N) is 1. The number of hydrogen-bond acceptors (Lipinski definition) is 7. The Kier molecular flexibility index (Phi) is 56.3. The number of ether oxygens (including phenoxy) is 1. The quantitative estimate of drug-likeness (QED) is 0.0212. The van der Waals surface area contributed by atoms with Crippen LogP contribution in [0.25, 0.3) is 0 Å². The van der Waals surface area contributed by atoms with E-state index in [1.807, 2.05) is 33.3 Å². The zero-order valence-corrected chi connectivity index (χ0v) is 53.2. The van der Waals surface area contributed by atoms with Crippen LogP contribution in [0.5, 0.6) is 0 Å². The summed E-state index contributed by atoms with van der Waals surface area (Å²) in [5.74, 6) is -0.556. The predicted octanol–water partition coefficient (Wildman–Crippen LogP) is 19.9. The molecule has 10 heteroatoms. The van der Waals surface area contributed by atoms with Crippen molar-refractivity contribution >= 4 is 19.7 Å². The van der Waals surface area contributed by atoms with Crippen LogP contribution in [-0.4, -0.2) is 69.4 Å². The molecule has 1 N–H and O–H groups in total. The average Bonchev–Trinajstić information content (AvgIpc) is 3.41. The Morgan fingerprint density at radius 3 is 1.24 bits per heavy atom. The lowest BCUT2D eigenvalue weighted by atomic mass is 10.0. The highest BCUT2D eigenvalue weighted by Crippen LogP contribution is 2.38. The van der Waals surface area contributed by atoms with Gasteiger partial charge in [-0.2, -0.15) is 0 Å². The number of amides is 1. The van der Waals surface area contributed by atoms with Crippen LogP contribution in [0.4, 0.5) is 0 Å². The summed E-state index contributed by atoms with van der Waals surface area (Å²) < 4.78 is 30.4. The van der Waals surface area contributed by atoms with Crippen molar-refractivity contribution in [2.24, 2.45) is 0 Å².